The van der Waals surface area contributed by atoms with Crippen molar-refractivity contribution in [1.82, 2.24) is 4.57 Å². The lowest BCUT2D eigenvalue weighted by Crippen LogP contribution is -2.50. The van der Waals surface area contributed by atoms with E-state index >= 15 is 0 Å². The molecular formula is C24H23BrN2O5. The van der Waals surface area contributed by atoms with Crippen LogP contribution in [0.5, 0.6) is 0 Å². The maximum atomic E-state index is 13.1. The Hall–Kier alpha value is -3.10. The molecule has 1 aliphatic rings. The second-order valence-corrected chi connectivity index (χ2v) is 8.22. The van der Waals surface area contributed by atoms with Gasteiger partial charge in [0.25, 0.3) is 0 Å². The van der Waals surface area contributed by atoms with Crippen LogP contribution in [0.4, 0.5) is 5.69 Å². The first kappa shape index (κ1) is 22.1. The molecule has 1 atom stereocenters. The van der Waals surface area contributed by atoms with Crippen LogP contribution in [0.15, 0.2) is 59.2 Å². The zero-order valence-electron chi connectivity index (χ0n) is 18.0. The Balaban J connectivity index is 2.10. The molecule has 32 heavy (non-hydrogen) atoms. The molecule has 0 spiro atoms. The number of halogens is 1. The molecule has 1 N–H and O–H groups in total. The Morgan fingerprint density at radius 1 is 0.969 bits per heavy atom. The molecule has 7 nitrogen and oxygen atoms in total. The predicted molar refractivity (Wildman–Crippen MR) is 123 cm³/mol. The summed E-state index contributed by atoms with van der Waals surface area (Å²) in [6, 6.07) is 14.6. The maximum Gasteiger partial charge on any atom is 0.341 e. The number of benzene rings is 2. The number of hydrogen-bond acceptors (Lipinski definition) is 6. The summed E-state index contributed by atoms with van der Waals surface area (Å²) < 4.78 is 13.0. The summed E-state index contributed by atoms with van der Waals surface area (Å²) in [5.74, 6) is -1.36. The summed E-state index contributed by atoms with van der Waals surface area (Å²) in [6.07, 6.45) is 1.54. The number of esters is 2. The first-order valence-electron chi connectivity index (χ1n) is 10.3. The SMILES string of the molecule is CCOC(=O)c1cn2c(c1C(=O)OCC)C(O)(c1ccc(Br)cc1)N(C)c1ccccc1-2. The first-order chi connectivity index (χ1) is 15.3. The van der Waals surface area contributed by atoms with Crippen LogP contribution >= 0.6 is 15.9 Å². The Morgan fingerprint density at radius 2 is 1.56 bits per heavy atom. The van der Waals surface area contributed by atoms with Crippen molar-refractivity contribution in [2.75, 3.05) is 25.2 Å². The van der Waals surface area contributed by atoms with Crippen LogP contribution in [0.2, 0.25) is 0 Å². The Kier molecular flexibility index (Phi) is 5.83. The van der Waals surface area contributed by atoms with E-state index in [4.69, 9.17) is 9.47 Å². The number of hydrogen-bond donors (Lipinski definition) is 1. The molecule has 0 bridgehead atoms. The van der Waals surface area contributed by atoms with Gasteiger partial charge in [-0.3, -0.25) is 0 Å². The van der Waals surface area contributed by atoms with Crippen molar-refractivity contribution < 1.29 is 24.2 Å². The number of para-hydroxylation sites is 2. The molecule has 1 aliphatic heterocycles. The Labute approximate surface area is 194 Å². The number of nitrogens with zero attached hydrogens (tertiary/aromatic N) is 2. The second kappa shape index (κ2) is 8.44. The van der Waals surface area contributed by atoms with E-state index in [1.165, 1.54) is 6.20 Å². The third-order valence-electron chi connectivity index (χ3n) is 5.55. The van der Waals surface area contributed by atoms with E-state index in [1.54, 1.807) is 42.5 Å². The number of carbonyl (C=O) groups is 2. The largest absolute Gasteiger partial charge is 0.462 e. The van der Waals surface area contributed by atoms with Crippen molar-refractivity contribution in [3.63, 3.8) is 0 Å². The van der Waals surface area contributed by atoms with Crippen LogP contribution in [0, 0.1) is 0 Å². The number of aromatic nitrogens is 1. The van der Waals surface area contributed by atoms with Crippen molar-refractivity contribution in [3.8, 4) is 5.69 Å². The summed E-state index contributed by atoms with van der Waals surface area (Å²) in [5, 5.41) is 12.3. The maximum absolute atomic E-state index is 13.1. The third kappa shape index (κ3) is 3.30. The lowest BCUT2D eigenvalue weighted by atomic mass is 9.91. The van der Waals surface area contributed by atoms with Gasteiger partial charge in [-0.15, -0.1) is 0 Å². The minimum atomic E-state index is -1.76. The molecule has 166 valence electrons. The van der Waals surface area contributed by atoms with Gasteiger partial charge in [-0.2, -0.15) is 0 Å². The van der Waals surface area contributed by atoms with Crippen LogP contribution in [0.3, 0.4) is 0 Å². The highest BCUT2D eigenvalue weighted by atomic mass is 79.9. The van der Waals surface area contributed by atoms with Gasteiger partial charge in [0, 0.05) is 23.3 Å². The van der Waals surface area contributed by atoms with Gasteiger partial charge < -0.3 is 24.0 Å². The summed E-state index contributed by atoms with van der Waals surface area (Å²) in [5.41, 5.74) is 0.458. The van der Waals surface area contributed by atoms with Gasteiger partial charge in [-0.05, 0) is 38.1 Å². The molecule has 2 aromatic carbocycles. The minimum Gasteiger partial charge on any atom is -0.462 e. The van der Waals surface area contributed by atoms with Crippen LogP contribution in [0.1, 0.15) is 45.8 Å². The fourth-order valence-corrected chi connectivity index (χ4v) is 4.37. The predicted octanol–water partition coefficient (Wildman–Crippen LogP) is 4.24. The molecule has 0 amide bonds. The Bertz CT molecular complexity index is 1190. The molecule has 1 aromatic heterocycles. The second-order valence-electron chi connectivity index (χ2n) is 7.30. The van der Waals surface area contributed by atoms with Gasteiger partial charge in [0.05, 0.1) is 35.8 Å². The van der Waals surface area contributed by atoms with Crippen LogP contribution < -0.4 is 4.90 Å². The molecule has 0 aliphatic carbocycles. The molecule has 8 heteroatoms. The van der Waals surface area contributed by atoms with Crippen molar-refractivity contribution in [1.29, 1.82) is 0 Å². The highest BCUT2D eigenvalue weighted by molar-refractivity contribution is 9.10. The molecule has 0 fully saturated rings. The number of carbonyl (C=O) groups excluding carboxylic acids is 2. The number of aliphatic hydroxyl groups is 1. The number of rotatable bonds is 5. The topological polar surface area (TPSA) is 81.0 Å². The lowest BCUT2D eigenvalue weighted by molar-refractivity contribution is 0.0453. The van der Waals surface area contributed by atoms with E-state index in [-0.39, 0.29) is 30.0 Å². The fourth-order valence-electron chi connectivity index (χ4n) is 4.11. The Morgan fingerprint density at radius 3 is 2.19 bits per heavy atom. The van der Waals surface area contributed by atoms with Gasteiger partial charge >= 0.3 is 11.9 Å². The van der Waals surface area contributed by atoms with Crippen molar-refractivity contribution >= 4 is 33.6 Å². The average Bonchev–Trinajstić information content (AvgIpc) is 3.20. The van der Waals surface area contributed by atoms with E-state index in [0.29, 0.717) is 11.3 Å². The fraction of sp³-hybridized carbons (Fsp3) is 0.250. The molecule has 3 aromatic rings. The van der Waals surface area contributed by atoms with Gasteiger partial charge in [0.2, 0.25) is 5.72 Å². The third-order valence-corrected chi connectivity index (χ3v) is 6.07. The van der Waals surface area contributed by atoms with Gasteiger partial charge in [-0.1, -0.05) is 40.2 Å². The molecule has 0 saturated carbocycles. The van der Waals surface area contributed by atoms with Crippen molar-refractivity contribution in [3.05, 3.63) is 81.6 Å². The van der Waals surface area contributed by atoms with Crippen LogP contribution in [-0.2, 0) is 15.2 Å². The quantitative estimate of drug-likeness (QED) is 0.530. The van der Waals surface area contributed by atoms with E-state index < -0.39 is 17.7 Å². The number of fused-ring (bicyclic) bond motifs is 3. The zero-order valence-corrected chi connectivity index (χ0v) is 19.5. The molecule has 4 rings (SSSR count). The molecule has 2 heterocycles. The van der Waals surface area contributed by atoms with E-state index in [0.717, 1.165) is 10.2 Å². The van der Waals surface area contributed by atoms with Crippen LogP contribution in [0.25, 0.3) is 5.69 Å². The van der Waals surface area contributed by atoms with E-state index in [2.05, 4.69) is 15.9 Å². The highest BCUT2D eigenvalue weighted by Gasteiger charge is 2.48. The van der Waals surface area contributed by atoms with Gasteiger partial charge in [0.1, 0.15) is 5.56 Å². The van der Waals surface area contributed by atoms with E-state index in [9.17, 15) is 14.7 Å². The molecule has 1 unspecified atom stereocenters. The lowest BCUT2D eigenvalue weighted by Gasteiger charge is -2.44. The minimum absolute atomic E-state index is 0.0166. The zero-order chi connectivity index (χ0) is 23.0. The first-order valence-corrected chi connectivity index (χ1v) is 11.1. The normalized spacial score (nSPS) is 16.8. The molecular weight excluding hydrogens is 476 g/mol. The summed E-state index contributed by atoms with van der Waals surface area (Å²) in [4.78, 5) is 27.6. The molecule has 0 radical (unpaired) electrons. The van der Waals surface area contributed by atoms with Crippen molar-refractivity contribution in [2.24, 2.45) is 0 Å². The average molecular weight is 499 g/mol. The monoisotopic (exact) mass is 498 g/mol. The smallest absolute Gasteiger partial charge is 0.341 e. The highest BCUT2D eigenvalue weighted by Crippen LogP contribution is 2.46. The number of anilines is 1. The van der Waals surface area contributed by atoms with Gasteiger partial charge in [-0.25, -0.2) is 9.59 Å². The van der Waals surface area contributed by atoms with Gasteiger partial charge in [0.15, 0.2) is 0 Å². The summed E-state index contributed by atoms with van der Waals surface area (Å²) in [7, 11) is 1.75. The number of ether oxygens (including phenoxy) is 2. The summed E-state index contributed by atoms with van der Waals surface area (Å²) >= 11 is 3.42. The van der Waals surface area contributed by atoms with Crippen LogP contribution in [-0.4, -0.2) is 41.9 Å². The standard InChI is InChI=1S/C24H23BrN2O5/c1-4-31-22(28)17-14-27-19-9-7-6-8-18(19)26(3)24(30,15-10-12-16(25)13-11-15)21(27)20(17)23(29)32-5-2/h6-14,30H,4-5H2,1-3H3. The van der Waals surface area contributed by atoms with E-state index in [1.807, 2.05) is 36.4 Å². The summed E-state index contributed by atoms with van der Waals surface area (Å²) in [6.45, 7) is 3.65. The van der Waals surface area contributed by atoms with Crippen molar-refractivity contribution in [2.45, 2.75) is 19.6 Å². The molecule has 0 saturated heterocycles.